The van der Waals surface area contributed by atoms with E-state index in [1.54, 1.807) is 4.90 Å². The molecule has 0 radical (unpaired) electrons. The monoisotopic (exact) mass is 380 g/mol. The highest BCUT2D eigenvalue weighted by Gasteiger charge is 2.38. The first-order valence-corrected chi connectivity index (χ1v) is 9.10. The molecule has 0 bridgehead atoms. The predicted octanol–water partition coefficient (Wildman–Crippen LogP) is 0.947. The van der Waals surface area contributed by atoms with Crippen molar-refractivity contribution in [3.05, 3.63) is 35.9 Å². The van der Waals surface area contributed by atoms with E-state index in [0.29, 0.717) is 19.6 Å². The van der Waals surface area contributed by atoms with Crippen LogP contribution in [0, 0.1) is 5.92 Å². The Morgan fingerprint density at radius 1 is 1.15 bits per heavy atom. The Hall–Kier alpha value is -1.63. The number of benzene rings is 1. The molecule has 3 rings (SSSR count). The third-order valence-electron chi connectivity index (χ3n) is 5.66. The van der Waals surface area contributed by atoms with Crippen molar-refractivity contribution in [1.82, 2.24) is 9.80 Å². The van der Waals surface area contributed by atoms with Gasteiger partial charge >= 0.3 is 0 Å². The molecule has 4 atom stereocenters. The highest BCUT2D eigenvalue weighted by atomic mass is 35.5. The first-order valence-electron chi connectivity index (χ1n) is 9.10. The van der Waals surface area contributed by atoms with Crippen molar-refractivity contribution in [2.24, 2.45) is 17.4 Å². The number of hydrogen-bond acceptors (Lipinski definition) is 4. The Morgan fingerprint density at radius 3 is 2.50 bits per heavy atom. The highest BCUT2D eigenvalue weighted by molar-refractivity contribution is 5.85. The molecule has 2 fully saturated rings. The number of carbonyl (C=O) groups excluding carboxylic acids is 2. The third kappa shape index (κ3) is 4.37. The lowest BCUT2D eigenvalue weighted by molar-refractivity contribution is -0.139. The van der Waals surface area contributed by atoms with Gasteiger partial charge in [0.05, 0.1) is 12.0 Å². The van der Waals surface area contributed by atoms with Crippen molar-refractivity contribution in [2.75, 3.05) is 26.2 Å². The maximum absolute atomic E-state index is 12.9. The summed E-state index contributed by atoms with van der Waals surface area (Å²) in [5.41, 5.74) is 13.0. The highest BCUT2D eigenvalue weighted by Crippen LogP contribution is 2.28. The van der Waals surface area contributed by atoms with E-state index in [0.717, 1.165) is 19.4 Å². The van der Waals surface area contributed by atoms with Gasteiger partial charge in [-0.2, -0.15) is 0 Å². The van der Waals surface area contributed by atoms with E-state index in [2.05, 4.69) is 17.0 Å². The van der Waals surface area contributed by atoms with Gasteiger partial charge in [-0.25, -0.2) is 0 Å². The van der Waals surface area contributed by atoms with Gasteiger partial charge in [-0.3, -0.25) is 14.5 Å². The Bertz CT molecular complexity index is 627. The van der Waals surface area contributed by atoms with Gasteiger partial charge in [0.25, 0.3) is 0 Å². The molecule has 0 aliphatic carbocycles. The number of nitrogens with zero attached hydrogens (tertiary/aromatic N) is 2. The van der Waals surface area contributed by atoms with Crippen LogP contribution in [-0.2, 0) is 9.59 Å². The number of hydrogen-bond donors (Lipinski definition) is 2. The molecular weight excluding hydrogens is 352 g/mol. The molecule has 7 heteroatoms. The Kier molecular flexibility index (Phi) is 7.03. The van der Waals surface area contributed by atoms with Crippen molar-refractivity contribution < 1.29 is 9.59 Å². The normalized spacial score (nSPS) is 27.6. The molecule has 6 nitrogen and oxygen atoms in total. The topological polar surface area (TPSA) is 92.7 Å². The zero-order valence-electron chi connectivity index (χ0n) is 15.2. The number of carbonyl (C=O) groups is 2. The van der Waals surface area contributed by atoms with Gasteiger partial charge in [-0.05, 0) is 25.3 Å². The molecule has 1 aromatic carbocycles. The maximum atomic E-state index is 12.9. The van der Waals surface area contributed by atoms with Crippen molar-refractivity contribution in [1.29, 1.82) is 0 Å². The molecule has 4 N–H and O–H groups in total. The molecule has 2 saturated heterocycles. The number of amides is 2. The third-order valence-corrected chi connectivity index (χ3v) is 5.66. The minimum atomic E-state index is -0.308. The Balaban J connectivity index is 0.00000243. The van der Waals surface area contributed by atoms with E-state index in [9.17, 15) is 9.59 Å². The van der Waals surface area contributed by atoms with Crippen LogP contribution in [-0.4, -0.2) is 59.9 Å². The van der Waals surface area contributed by atoms with Gasteiger partial charge in [-0.1, -0.05) is 30.3 Å². The number of primary amides is 1. The molecule has 2 aliphatic rings. The maximum Gasteiger partial charge on any atom is 0.239 e. The van der Waals surface area contributed by atoms with E-state index in [4.69, 9.17) is 11.5 Å². The van der Waals surface area contributed by atoms with Crippen LogP contribution in [0.3, 0.4) is 0 Å². The van der Waals surface area contributed by atoms with Crippen LogP contribution in [0.5, 0.6) is 0 Å². The lowest BCUT2D eigenvalue weighted by Crippen LogP contribution is -2.51. The summed E-state index contributed by atoms with van der Waals surface area (Å²) in [7, 11) is 0. The number of halogens is 1. The van der Waals surface area contributed by atoms with Gasteiger partial charge in [0.1, 0.15) is 0 Å². The van der Waals surface area contributed by atoms with Crippen LogP contribution < -0.4 is 11.5 Å². The molecule has 0 spiro atoms. The smallest absolute Gasteiger partial charge is 0.239 e. The van der Waals surface area contributed by atoms with Gasteiger partial charge in [0.2, 0.25) is 11.8 Å². The second-order valence-corrected chi connectivity index (χ2v) is 7.34. The largest absolute Gasteiger partial charge is 0.369 e. The summed E-state index contributed by atoms with van der Waals surface area (Å²) in [6.45, 7) is 4.58. The van der Waals surface area contributed by atoms with Crippen LogP contribution in [0.25, 0.3) is 0 Å². The molecule has 0 aromatic heterocycles. The Labute approximate surface area is 161 Å². The summed E-state index contributed by atoms with van der Waals surface area (Å²) in [4.78, 5) is 28.3. The van der Waals surface area contributed by atoms with Gasteiger partial charge in [0.15, 0.2) is 0 Å². The summed E-state index contributed by atoms with van der Waals surface area (Å²) in [5.74, 6) is -0.205. The quantitative estimate of drug-likeness (QED) is 0.813. The molecule has 0 saturated carbocycles. The van der Waals surface area contributed by atoms with E-state index < -0.39 is 0 Å². The minimum Gasteiger partial charge on any atom is -0.369 e. The lowest BCUT2D eigenvalue weighted by Gasteiger charge is -2.35. The fraction of sp³-hybridized carbons (Fsp3) is 0.579. The zero-order chi connectivity index (χ0) is 18.0. The molecule has 2 heterocycles. The van der Waals surface area contributed by atoms with Crippen LogP contribution in [0.2, 0.25) is 0 Å². The van der Waals surface area contributed by atoms with Crippen molar-refractivity contribution >= 4 is 24.2 Å². The average Bonchev–Trinajstić information content (AvgIpc) is 3.03. The summed E-state index contributed by atoms with van der Waals surface area (Å²) in [6, 6.07) is 10.0. The number of likely N-dealkylation sites (tertiary alicyclic amines) is 2. The van der Waals surface area contributed by atoms with Crippen molar-refractivity contribution in [3.63, 3.8) is 0 Å². The summed E-state index contributed by atoms with van der Waals surface area (Å²) >= 11 is 0. The molecule has 1 aromatic rings. The Morgan fingerprint density at radius 2 is 1.85 bits per heavy atom. The fourth-order valence-electron chi connectivity index (χ4n) is 4.06. The van der Waals surface area contributed by atoms with Crippen LogP contribution >= 0.6 is 12.4 Å². The molecule has 2 unspecified atom stereocenters. The van der Waals surface area contributed by atoms with Crippen molar-refractivity contribution in [3.8, 4) is 0 Å². The number of nitrogens with two attached hydrogens (primary N) is 2. The van der Waals surface area contributed by atoms with Gasteiger partial charge < -0.3 is 16.4 Å². The molecule has 2 amide bonds. The second kappa shape index (κ2) is 8.84. The van der Waals surface area contributed by atoms with E-state index in [1.165, 1.54) is 5.56 Å². The summed E-state index contributed by atoms with van der Waals surface area (Å²) in [5, 5.41) is 0. The van der Waals surface area contributed by atoms with E-state index in [1.807, 2.05) is 25.1 Å². The molecule has 26 heavy (non-hydrogen) atoms. The fourth-order valence-corrected chi connectivity index (χ4v) is 4.06. The zero-order valence-corrected chi connectivity index (χ0v) is 16.0. The average molecular weight is 381 g/mol. The number of rotatable bonds is 4. The van der Waals surface area contributed by atoms with Crippen molar-refractivity contribution in [2.45, 2.75) is 37.8 Å². The predicted molar refractivity (Wildman–Crippen MR) is 104 cm³/mol. The van der Waals surface area contributed by atoms with Crippen LogP contribution in [0.15, 0.2) is 30.3 Å². The molecular formula is C19H29ClN4O2. The summed E-state index contributed by atoms with van der Waals surface area (Å²) in [6.07, 6.45) is 1.61. The van der Waals surface area contributed by atoms with Gasteiger partial charge in [0, 0.05) is 38.1 Å². The van der Waals surface area contributed by atoms with Gasteiger partial charge in [-0.15, -0.1) is 12.4 Å². The minimum absolute atomic E-state index is 0. The SMILES string of the molecule is CC(C(=O)N1CCCC(C(N)=O)C1)N1C[C@@H](N)[C@H](c2ccccc2)C1.Cl. The number of piperidine rings is 1. The van der Waals surface area contributed by atoms with Crippen LogP contribution in [0.1, 0.15) is 31.2 Å². The second-order valence-electron chi connectivity index (χ2n) is 7.34. The molecule has 144 valence electrons. The van der Waals surface area contributed by atoms with E-state index >= 15 is 0 Å². The molecule has 2 aliphatic heterocycles. The first-order chi connectivity index (χ1) is 12.0. The standard InChI is InChI=1S/C19H28N4O2.ClH/c1-13(19(25)22-9-5-8-15(10-22)18(21)24)23-11-16(17(20)12-23)14-6-3-2-4-7-14;/h2-4,6-7,13,15-17H,5,8-12,20H2,1H3,(H2,21,24);1H/t13?,15?,16-,17+;/m0./s1. The van der Waals surface area contributed by atoms with E-state index in [-0.39, 0.29) is 48.1 Å². The van der Waals surface area contributed by atoms with Crippen LogP contribution in [0.4, 0.5) is 0 Å². The summed E-state index contributed by atoms with van der Waals surface area (Å²) < 4.78 is 0. The first kappa shape index (κ1) is 20.7. The lowest BCUT2D eigenvalue weighted by atomic mass is 9.95.